The molecule has 0 spiro atoms. The molecule has 0 fully saturated rings. The number of pyridine rings is 1. The van der Waals surface area contributed by atoms with Crippen molar-refractivity contribution in [2.24, 2.45) is 0 Å². The summed E-state index contributed by atoms with van der Waals surface area (Å²) in [5.41, 5.74) is 0.295. The van der Waals surface area contributed by atoms with E-state index in [0.717, 1.165) is 6.20 Å². The van der Waals surface area contributed by atoms with E-state index in [1.165, 1.54) is 37.4 Å². The summed E-state index contributed by atoms with van der Waals surface area (Å²) in [5.74, 6) is 0.0778. The number of aromatic nitrogens is 1. The van der Waals surface area contributed by atoms with Crippen LogP contribution in [-0.4, -0.2) is 20.5 Å². The molecule has 0 amide bonds. The molecule has 0 radical (unpaired) electrons. The van der Waals surface area contributed by atoms with Gasteiger partial charge in [0.2, 0.25) is 9.84 Å². The fourth-order valence-corrected chi connectivity index (χ4v) is 3.98. The number of methoxy groups -OCH3 is 1. The van der Waals surface area contributed by atoms with E-state index in [-0.39, 0.29) is 14.8 Å². The van der Waals surface area contributed by atoms with Crippen LogP contribution in [0.1, 0.15) is 0 Å². The van der Waals surface area contributed by atoms with Gasteiger partial charge in [0.25, 0.3) is 0 Å². The summed E-state index contributed by atoms with van der Waals surface area (Å²) < 4.78 is 43.7. The van der Waals surface area contributed by atoms with E-state index < -0.39 is 15.7 Å². The van der Waals surface area contributed by atoms with Gasteiger partial charge in [0.15, 0.2) is 0 Å². The SMILES string of the molecule is COc1ccc(S(=O)(=O)c2cnc3cc(F)ccc3c2Cl)cc1. The second-order valence-electron chi connectivity index (χ2n) is 4.78. The topological polar surface area (TPSA) is 56.3 Å². The Labute approximate surface area is 137 Å². The summed E-state index contributed by atoms with van der Waals surface area (Å²) in [7, 11) is -2.35. The number of benzene rings is 2. The lowest BCUT2D eigenvalue weighted by Gasteiger charge is -2.09. The van der Waals surface area contributed by atoms with Gasteiger partial charge < -0.3 is 4.74 Å². The van der Waals surface area contributed by atoms with Gasteiger partial charge in [0.05, 0.1) is 22.5 Å². The van der Waals surface area contributed by atoms with Gasteiger partial charge in [-0.25, -0.2) is 12.8 Å². The molecule has 23 heavy (non-hydrogen) atoms. The highest BCUT2D eigenvalue weighted by Gasteiger charge is 2.23. The third-order valence-electron chi connectivity index (χ3n) is 3.39. The van der Waals surface area contributed by atoms with Gasteiger partial charge in [0.1, 0.15) is 16.5 Å². The number of nitrogens with zero attached hydrogens (tertiary/aromatic N) is 1. The zero-order chi connectivity index (χ0) is 16.6. The molecule has 0 aliphatic rings. The average molecular weight is 352 g/mol. The van der Waals surface area contributed by atoms with Gasteiger partial charge in [-0.1, -0.05) is 11.6 Å². The van der Waals surface area contributed by atoms with E-state index in [0.29, 0.717) is 16.7 Å². The molecule has 3 aromatic rings. The highest BCUT2D eigenvalue weighted by molar-refractivity contribution is 7.91. The molecule has 7 heteroatoms. The summed E-state index contributed by atoms with van der Waals surface area (Å²) in [5, 5.41) is 0.397. The first kappa shape index (κ1) is 15.7. The summed E-state index contributed by atoms with van der Waals surface area (Å²) in [6.07, 6.45) is 1.14. The van der Waals surface area contributed by atoms with Gasteiger partial charge in [-0.3, -0.25) is 4.98 Å². The first-order valence-corrected chi connectivity index (χ1v) is 8.42. The van der Waals surface area contributed by atoms with Gasteiger partial charge in [-0.2, -0.15) is 0 Å². The standard InChI is InChI=1S/C16H11ClFNO3S/c1-22-11-3-5-12(6-4-11)23(20,21)15-9-19-14-8-10(18)2-7-13(14)16(15)17/h2-9H,1H3. The number of hydrogen-bond acceptors (Lipinski definition) is 4. The van der Waals surface area contributed by atoms with E-state index in [1.54, 1.807) is 12.1 Å². The second kappa shape index (κ2) is 5.79. The minimum absolute atomic E-state index is 0.0193. The highest BCUT2D eigenvalue weighted by atomic mass is 35.5. The summed E-state index contributed by atoms with van der Waals surface area (Å²) in [4.78, 5) is 3.95. The predicted octanol–water partition coefficient (Wildman–Crippen LogP) is 3.87. The molecular formula is C16H11ClFNO3S. The smallest absolute Gasteiger partial charge is 0.209 e. The van der Waals surface area contributed by atoms with Crippen LogP contribution in [0.3, 0.4) is 0 Å². The van der Waals surface area contributed by atoms with Crippen molar-refractivity contribution >= 4 is 32.3 Å². The van der Waals surface area contributed by atoms with Crippen molar-refractivity contribution in [1.29, 1.82) is 0 Å². The molecule has 3 rings (SSSR count). The average Bonchev–Trinajstić information content (AvgIpc) is 2.54. The molecule has 4 nitrogen and oxygen atoms in total. The van der Waals surface area contributed by atoms with Crippen molar-refractivity contribution in [1.82, 2.24) is 4.98 Å². The number of fused-ring (bicyclic) bond motifs is 1. The fraction of sp³-hybridized carbons (Fsp3) is 0.0625. The Kier molecular flexibility index (Phi) is 3.95. The molecule has 0 N–H and O–H groups in total. The molecule has 0 aliphatic heterocycles. The van der Waals surface area contributed by atoms with Crippen molar-refractivity contribution in [2.45, 2.75) is 9.79 Å². The van der Waals surface area contributed by atoms with Crippen LogP contribution in [0.4, 0.5) is 4.39 Å². The van der Waals surface area contributed by atoms with Crippen molar-refractivity contribution in [2.75, 3.05) is 7.11 Å². The van der Waals surface area contributed by atoms with Crippen LogP contribution in [0.25, 0.3) is 10.9 Å². The Morgan fingerprint density at radius 1 is 1.13 bits per heavy atom. The molecule has 0 saturated heterocycles. The van der Waals surface area contributed by atoms with Crippen molar-refractivity contribution in [3.8, 4) is 5.75 Å². The molecule has 0 atom stereocenters. The quantitative estimate of drug-likeness (QED) is 0.718. The van der Waals surface area contributed by atoms with E-state index in [2.05, 4.69) is 4.98 Å². The normalized spacial score (nSPS) is 11.6. The van der Waals surface area contributed by atoms with Gasteiger partial charge in [-0.05, 0) is 36.4 Å². The van der Waals surface area contributed by atoms with Crippen LogP contribution in [0.15, 0.2) is 58.5 Å². The second-order valence-corrected chi connectivity index (χ2v) is 7.07. The van der Waals surface area contributed by atoms with Gasteiger partial charge in [0, 0.05) is 17.6 Å². The van der Waals surface area contributed by atoms with E-state index in [1.807, 2.05) is 0 Å². The molecule has 0 aliphatic carbocycles. The Bertz CT molecular complexity index is 988. The van der Waals surface area contributed by atoms with Crippen LogP contribution in [0, 0.1) is 5.82 Å². The van der Waals surface area contributed by atoms with Gasteiger partial charge >= 0.3 is 0 Å². The zero-order valence-electron chi connectivity index (χ0n) is 12.0. The maximum atomic E-state index is 13.2. The molecule has 1 heterocycles. The van der Waals surface area contributed by atoms with Crippen LogP contribution < -0.4 is 4.74 Å². The molecular weight excluding hydrogens is 341 g/mol. The third-order valence-corrected chi connectivity index (χ3v) is 5.69. The Hall–Kier alpha value is -2.18. The summed E-state index contributed by atoms with van der Waals surface area (Å²) in [6.45, 7) is 0. The first-order valence-electron chi connectivity index (χ1n) is 6.56. The lowest BCUT2D eigenvalue weighted by atomic mass is 10.2. The number of halogens is 2. The zero-order valence-corrected chi connectivity index (χ0v) is 13.5. The number of rotatable bonds is 3. The van der Waals surface area contributed by atoms with E-state index in [9.17, 15) is 12.8 Å². The molecule has 1 aromatic heterocycles. The molecule has 0 bridgehead atoms. The molecule has 118 valence electrons. The largest absolute Gasteiger partial charge is 0.497 e. The fourth-order valence-electron chi connectivity index (χ4n) is 2.18. The van der Waals surface area contributed by atoms with Gasteiger partial charge in [-0.15, -0.1) is 0 Å². The molecule has 0 unspecified atom stereocenters. The Morgan fingerprint density at radius 3 is 2.48 bits per heavy atom. The molecule has 2 aromatic carbocycles. The Balaban J connectivity index is 2.17. The number of hydrogen-bond donors (Lipinski definition) is 0. The van der Waals surface area contributed by atoms with Crippen LogP contribution in [0.2, 0.25) is 5.02 Å². The maximum absolute atomic E-state index is 13.2. The van der Waals surface area contributed by atoms with E-state index in [4.69, 9.17) is 16.3 Å². The van der Waals surface area contributed by atoms with Crippen LogP contribution >= 0.6 is 11.6 Å². The Morgan fingerprint density at radius 2 is 1.83 bits per heavy atom. The van der Waals surface area contributed by atoms with Crippen molar-refractivity contribution in [3.63, 3.8) is 0 Å². The van der Waals surface area contributed by atoms with Crippen molar-refractivity contribution in [3.05, 3.63) is 59.5 Å². The number of sulfone groups is 1. The first-order chi connectivity index (χ1) is 10.9. The van der Waals surface area contributed by atoms with Crippen LogP contribution in [-0.2, 0) is 9.84 Å². The monoisotopic (exact) mass is 351 g/mol. The van der Waals surface area contributed by atoms with Crippen molar-refractivity contribution < 1.29 is 17.5 Å². The minimum atomic E-state index is -3.84. The minimum Gasteiger partial charge on any atom is -0.497 e. The van der Waals surface area contributed by atoms with E-state index >= 15 is 0 Å². The summed E-state index contributed by atoms with van der Waals surface area (Å²) in [6, 6.07) is 9.77. The third kappa shape index (κ3) is 2.75. The van der Waals surface area contributed by atoms with Crippen LogP contribution in [0.5, 0.6) is 5.75 Å². The number of ether oxygens (including phenoxy) is 1. The summed E-state index contributed by atoms with van der Waals surface area (Å²) >= 11 is 6.22. The molecule has 0 saturated carbocycles. The predicted molar refractivity (Wildman–Crippen MR) is 85.2 cm³/mol. The lowest BCUT2D eigenvalue weighted by Crippen LogP contribution is -2.04. The lowest BCUT2D eigenvalue weighted by molar-refractivity contribution is 0.414. The highest BCUT2D eigenvalue weighted by Crippen LogP contribution is 2.33. The maximum Gasteiger partial charge on any atom is 0.209 e.